The zero-order valence-electron chi connectivity index (χ0n) is 16.1. The largest absolute Gasteiger partial charge is 0.497 e. The Hall–Kier alpha value is -3.18. The number of Topliss-reactive ketones (excluding diaryl/α,β-unsaturated/α-hetero) is 1. The van der Waals surface area contributed by atoms with Crippen LogP contribution < -0.4 is 10.1 Å². The molecule has 0 bridgehead atoms. The Kier molecular flexibility index (Phi) is 6.62. The van der Waals surface area contributed by atoms with Crippen molar-refractivity contribution in [2.75, 3.05) is 12.4 Å². The molecule has 0 aliphatic rings. The number of benzene rings is 3. The lowest BCUT2D eigenvalue weighted by atomic mass is 10.0. The third-order valence-electron chi connectivity index (χ3n) is 4.39. The van der Waals surface area contributed by atoms with E-state index in [0.717, 1.165) is 21.5 Å². The quantitative estimate of drug-likeness (QED) is 0.355. The van der Waals surface area contributed by atoms with Gasteiger partial charge < -0.3 is 10.1 Å². The van der Waals surface area contributed by atoms with Crippen molar-refractivity contribution < 1.29 is 14.3 Å². The minimum absolute atomic E-state index is 0.00511. The van der Waals surface area contributed by atoms with Crippen molar-refractivity contribution in [3.8, 4) is 5.75 Å². The van der Waals surface area contributed by atoms with Crippen LogP contribution in [0.2, 0.25) is 0 Å². The van der Waals surface area contributed by atoms with E-state index in [1.54, 1.807) is 31.4 Å². The maximum absolute atomic E-state index is 12.9. The van der Waals surface area contributed by atoms with Gasteiger partial charge in [-0.15, -0.1) is 0 Å². The van der Waals surface area contributed by atoms with Gasteiger partial charge in [-0.25, -0.2) is 0 Å². The van der Waals surface area contributed by atoms with Crippen molar-refractivity contribution in [3.05, 3.63) is 100 Å². The molecule has 0 aromatic heterocycles. The average molecular weight is 450 g/mol. The Morgan fingerprint density at radius 2 is 1.52 bits per heavy atom. The highest BCUT2D eigenvalue weighted by Gasteiger charge is 2.11. The van der Waals surface area contributed by atoms with E-state index in [2.05, 4.69) is 21.2 Å². The number of nitrogens with one attached hydrogen (secondary N) is 1. The summed E-state index contributed by atoms with van der Waals surface area (Å²) >= 11 is 3.43. The SMILES string of the molecule is COc1ccc(N/C(=C/C(=O)c2ccccc2Br)c2ccc(C(C)=O)cc2)cc1. The molecule has 1 N–H and O–H groups in total. The molecule has 0 spiro atoms. The summed E-state index contributed by atoms with van der Waals surface area (Å²) in [6.45, 7) is 1.53. The van der Waals surface area contributed by atoms with Gasteiger partial charge in [-0.3, -0.25) is 9.59 Å². The minimum atomic E-state index is -0.135. The van der Waals surface area contributed by atoms with Crippen LogP contribution in [0.5, 0.6) is 5.75 Å². The molecule has 3 aromatic carbocycles. The van der Waals surface area contributed by atoms with Crippen molar-refractivity contribution in [1.82, 2.24) is 0 Å². The number of carbonyl (C=O) groups excluding carboxylic acids is 2. The zero-order chi connectivity index (χ0) is 20.8. The van der Waals surface area contributed by atoms with Gasteiger partial charge in [0.1, 0.15) is 5.75 Å². The first kappa shape index (κ1) is 20.6. The van der Waals surface area contributed by atoms with Crippen LogP contribution in [-0.2, 0) is 0 Å². The van der Waals surface area contributed by atoms with Crippen LogP contribution >= 0.6 is 15.9 Å². The van der Waals surface area contributed by atoms with E-state index < -0.39 is 0 Å². The molecule has 0 aliphatic heterocycles. The van der Waals surface area contributed by atoms with E-state index in [0.29, 0.717) is 16.8 Å². The summed E-state index contributed by atoms with van der Waals surface area (Å²) in [4.78, 5) is 24.5. The molecule has 5 heteroatoms. The van der Waals surface area contributed by atoms with Crippen LogP contribution in [0.25, 0.3) is 5.70 Å². The van der Waals surface area contributed by atoms with Gasteiger partial charge in [0.05, 0.1) is 7.11 Å². The van der Waals surface area contributed by atoms with Gasteiger partial charge in [0.2, 0.25) is 0 Å². The molecule has 0 saturated heterocycles. The Morgan fingerprint density at radius 1 is 0.897 bits per heavy atom. The predicted molar refractivity (Wildman–Crippen MR) is 120 cm³/mol. The van der Waals surface area contributed by atoms with E-state index in [1.165, 1.54) is 6.92 Å². The number of ketones is 2. The summed E-state index contributed by atoms with van der Waals surface area (Å²) in [5.74, 6) is 0.606. The Bertz CT molecular complexity index is 1050. The summed E-state index contributed by atoms with van der Waals surface area (Å²) in [6.07, 6.45) is 1.56. The van der Waals surface area contributed by atoms with E-state index in [9.17, 15) is 9.59 Å². The fourth-order valence-electron chi connectivity index (χ4n) is 2.78. The average Bonchev–Trinajstić information content (AvgIpc) is 2.74. The highest BCUT2D eigenvalue weighted by Crippen LogP contribution is 2.24. The van der Waals surface area contributed by atoms with E-state index in [4.69, 9.17) is 4.74 Å². The summed E-state index contributed by atoms with van der Waals surface area (Å²) in [5.41, 5.74) is 3.43. The van der Waals surface area contributed by atoms with Crippen LogP contribution in [0.15, 0.2) is 83.3 Å². The lowest BCUT2D eigenvalue weighted by Gasteiger charge is -2.13. The van der Waals surface area contributed by atoms with Crippen LogP contribution in [0.3, 0.4) is 0 Å². The molecule has 0 fully saturated rings. The number of hydrogen-bond acceptors (Lipinski definition) is 4. The minimum Gasteiger partial charge on any atom is -0.497 e. The number of rotatable bonds is 7. The van der Waals surface area contributed by atoms with Gasteiger partial charge in [0.25, 0.3) is 0 Å². The molecule has 146 valence electrons. The van der Waals surface area contributed by atoms with E-state index in [1.807, 2.05) is 54.6 Å². The number of halogens is 1. The van der Waals surface area contributed by atoms with Crippen molar-refractivity contribution in [3.63, 3.8) is 0 Å². The maximum Gasteiger partial charge on any atom is 0.189 e. The van der Waals surface area contributed by atoms with E-state index in [-0.39, 0.29) is 11.6 Å². The second kappa shape index (κ2) is 9.34. The highest BCUT2D eigenvalue weighted by molar-refractivity contribution is 9.10. The van der Waals surface area contributed by atoms with Crippen molar-refractivity contribution >= 4 is 38.9 Å². The molecule has 4 nitrogen and oxygen atoms in total. The van der Waals surface area contributed by atoms with Gasteiger partial charge in [0.15, 0.2) is 11.6 Å². The number of carbonyl (C=O) groups is 2. The molecular weight excluding hydrogens is 430 g/mol. The van der Waals surface area contributed by atoms with Crippen LogP contribution in [-0.4, -0.2) is 18.7 Å². The number of anilines is 1. The number of hydrogen-bond donors (Lipinski definition) is 1. The van der Waals surface area contributed by atoms with Gasteiger partial charge in [0, 0.05) is 33.1 Å². The second-order valence-corrected chi connectivity index (χ2v) is 7.24. The fraction of sp³-hybridized carbons (Fsp3) is 0.0833. The lowest BCUT2D eigenvalue weighted by molar-refractivity contribution is 0.101. The predicted octanol–water partition coefficient (Wildman–Crippen LogP) is 6.00. The summed E-state index contributed by atoms with van der Waals surface area (Å²) < 4.78 is 5.93. The molecule has 0 saturated carbocycles. The first-order valence-corrected chi connectivity index (χ1v) is 9.80. The summed E-state index contributed by atoms with van der Waals surface area (Å²) in [5, 5.41) is 3.30. The topological polar surface area (TPSA) is 55.4 Å². The van der Waals surface area contributed by atoms with Gasteiger partial charge >= 0.3 is 0 Å². The maximum atomic E-state index is 12.9. The Balaban J connectivity index is 1.98. The third-order valence-corrected chi connectivity index (χ3v) is 5.08. The zero-order valence-corrected chi connectivity index (χ0v) is 17.7. The summed E-state index contributed by atoms with van der Waals surface area (Å²) in [7, 11) is 1.61. The summed E-state index contributed by atoms with van der Waals surface area (Å²) in [6, 6.07) is 21.9. The highest BCUT2D eigenvalue weighted by atomic mass is 79.9. The fourth-order valence-corrected chi connectivity index (χ4v) is 3.26. The molecule has 0 aliphatic carbocycles. The molecule has 0 unspecified atom stereocenters. The van der Waals surface area contributed by atoms with Gasteiger partial charge in [-0.1, -0.05) is 52.3 Å². The van der Waals surface area contributed by atoms with Gasteiger partial charge in [-0.05, 0) is 48.9 Å². The smallest absolute Gasteiger partial charge is 0.189 e. The lowest BCUT2D eigenvalue weighted by Crippen LogP contribution is -2.05. The van der Waals surface area contributed by atoms with Crippen LogP contribution in [0.1, 0.15) is 33.2 Å². The Morgan fingerprint density at radius 3 is 2.10 bits per heavy atom. The molecule has 3 rings (SSSR count). The van der Waals surface area contributed by atoms with Crippen molar-refractivity contribution in [1.29, 1.82) is 0 Å². The van der Waals surface area contributed by atoms with Crippen molar-refractivity contribution in [2.24, 2.45) is 0 Å². The first-order chi connectivity index (χ1) is 14.0. The molecule has 3 aromatic rings. The molecular formula is C24H20BrNO3. The first-order valence-electron chi connectivity index (χ1n) is 9.01. The van der Waals surface area contributed by atoms with Crippen LogP contribution in [0.4, 0.5) is 5.69 Å². The molecule has 0 heterocycles. The van der Waals surface area contributed by atoms with Crippen molar-refractivity contribution in [2.45, 2.75) is 6.92 Å². The second-order valence-electron chi connectivity index (χ2n) is 6.39. The molecule has 0 atom stereocenters. The standard InChI is InChI=1S/C24H20BrNO3/c1-16(27)17-7-9-18(10-8-17)23(26-19-11-13-20(29-2)14-12-19)15-24(28)21-5-3-4-6-22(21)25/h3-15,26H,1-2H3/b23-15+. The number of allylic oxidation sites excluding steroid dienone is 1. The van der Waals surface area contributed by atoms with E-state index >= 15 is 0 Å². The third kappa shape index (κ3) is 5.21. The molecule has 0 radical (unpaired) electrons. The Labute approximate surface area is 178 Å². The normalized spacial score (nSPS) is 11.1. The molecule has 0 amide bonds. The monoisotopic (exact) mass is 449 g/mol. The van der Waals surface area contributed by atoms with Crippen LogP contribution in [0, 0.1) is 0 Å². The molecule has 29 heavy (non-hydrogen) atoms. The van der Waals surface area contributed by atoms with Gasteiger partial charge in [-0.2, -0.15) is 0 Å². The number of ether oxygens (including phenoxy) is 1. The number of methoxy groups -OCH3 is 1.